The van der Waals surface area contributed by atoms with Crippen molar-refractivity contribution >= 4 is 15.9 Å². The lowest BCUT2D eigenvalue weighted by Crippen LogP contribution is -2.49. The van der Waals surface area contributed by atoms with Crippen LogP contribution in [0.15, 0.2) is 29.2 Å². The average Bonchev–Trinajstić information content (AvgIpc) is 2.72. The highest BCUT2D eigenvalue weighted by molar-refractivity contribution is 7.89. The molecule has 1 N–H and O–H groups in total. The number of nitrogens with zero attached hydrogens (tertiary/aromatic N) is 2. The summed E-state index contributed by atoms with van der Waals surface area (Å²) in [6, 6.07) is 3.47. The van der Waals surface area contributed by atoms with Crippen molar-refractivity contribution in [1.82, 2.24) is 14.5 Å². The highest BCUT2D eigenvalue weighted by Gasteiger charge is 2.32. The summed E-state index contributed by atoms with van der Waals surface area (Å²) >= 11 is 0. The van der Waals surface area contributed by atoms with Gasteiger partial charge in [0.2, 0.25) is 15.9 Å². The molecule has 1 saturated heterocycles. The molecule has 1 aromatic carbocycles. The number of benzene rings is 1. The number of hydrogen-bond acceptors (Lipinski definition) is 4. The van der Waals surface area contributed by atoms with Crippen LogP contribution in [0.2, 0.25) is 0 Å². The average molecular weight is 448 g/mol. The number of nitrogens with one attached hydrogen (secondary N) is 1. The molecule has 0 radical (unpaired) electrons. The van der Waals surface area contributed by atoms with Gasteiger partial charge in [0.25, 0.3) is 0 Å². The Bertz CT molecular complexity index is 827. The molecule has 10 heteroatoms. The summed E-state index contributed by atoms with van der Waals surface area (Å²) in [7, 11) is -1.83. The molecule has 0 spiro atoms. The van der Waals surface area contributed by atoms with E-state index in [0.29, 0.717) is 0 Å². The van der Waals surface area contributed by atoms with Crippen LogP contribution in [0.5, 0.6) is 0 Å². The molecule has 1 aliphatic carbocycles. The fourth-order valence-corrected chi connectivity index (χ4v) is 5.15. The zero-order chi connectivity index (χ0) is 21.9. The zero-order valence-electron chi connectivity index (χ0n) is 17.0. The smallest absolute Gasteiger partial charge is 0.340 e. The van der Waals surface area contributed by atoms with Crippen LogP contribution in [0.3, 0.4) is 0 Å². The minimum absolute atomic E-state index is 0.00354. The Hall–Kier alpha value is -1.65. The predicted molar refractivity (Wildman–Crippen MR) is 106 cm³/mol. The van der Waals surface area contributed by atoms with Crippen molar-refractivity contribution in [2.24, 2.45) is 11.8 Å². The molecule has 1 amide bonds. The number of alkyl halides is 3. The summed E-state index contributed by atoms with van der Waals surface area (Å²) in [5.41, 5.74) is -0.884. The van der Waals surface area contributed by atoms with E-state index >= 15 is 0 Å². The third-order valence-corrected chi connectivity index (χ3v) is 7.50. The van der Waals surface area contributed by atoms with E-state index in [9.17, 15) is 26.4 Å². The van der Waals surface area contributed by atoms with Crippen molar-refractivity contribution in [3.05, 3.63) is 29.8 Å². The minimum atomic E-state index is -4.50. The molecule has 0 aromatic heterocycles. The van der Waals surface area contributed by atoms with Crippen LogP contribution in [0.25, 0.3) is 0 Å². The molecule has 30 heavy (non-hydrogen) atoms. The standard InChI is InChI=1S/C20H28F3N3O3S/c1-25-10-12-26(13-11-25)19(27)16-4-2-15(3-5-16)14-24-30(28,29)18-8-6-17(7-9-18)20(21,22)23/h6-9,15-16,24H,2-5,10-14H2,1H3/t15-,16-. The lowest BCUT2D eigenvalue weighted by atomic mass is 9.81. The maximum absolute atomic E-state index is 12.7. The first-order valence-electron chi connectivity index (χ1n) is 10.2. The first-order valence-corrected chi connectivity index (χ1v) is 11.7. The summed E-state index contributed by atoms with van der Waals surface area (Å²) in [5.74, 6) is 0.314. The van der Waals surface area contributed by atoms with E-state index in [0.717, 1.165) is 76.1 Å². The molecule has 1 saturated carbocycles. The number of carbonyl (C=O) groups excluding carboxylic acids is 1. The number of rotatable bonds is 5. The van der Waals surface area contributed by atoms with E-state index < -0.39 is 21.8 Å². The van der Waals surface area contributed by atoms with Crippen molar-refractivity contribution < 1.29 is 26.4 Å². The minimum Gasteiger partial charge on any atom is -0.340 e. The monoisotopic (exact) mass is 447 g/mol. The molecular formula is C20H28F3N3O3S. The van der Waals surface area contributed by atoms with Gasteiger partial charge in [-0.25, -0.2) is 13.1 Å². The highest BCUT2D eigenvalue weighted by Crippen LogP contribution is 2.31. The maximum Gasteiger partial charge on any atom is 0.416 e. The van der Waals surface area contributed by atoms with Gasteiger partial charge in [0.15, 0.2) is 0 Å². The number of carbonyl (C=O) groups is 1. The van der Waals surface area contributed by atoms with Crippen LogP contribution in [0.4, 0.5) is 13.2 Å². The summed E-state index contributed by atoms with van der Waals surface area (Å²) in [6.07, 6.45) is -1.54. The van der Waals surface area contributed by atoms with E-state index in [4.69, 9.17) is 0 Å². The number of amides is 1. The first kappa shape index (κ1) is 23.0. The molecule has 1 heterocycles. The Morgan fingerprint density at radius 1 is 1.03 bits per heavy atom. The zero-order valence-corrected chi connectivity index (χ0v) is 17.8. The van der Waals surface area contributed by atoms with Gasteiger partial charge in [-0.3, -0.25) is 4.79 Å². The van der Waals surface area contributed by atoms with Gasteiger partial charge in [-0.2, -0.15) is 13.2 Å². The van der Waals surface area contributed by atoms with Crippen LogP contribution in [-0.2, 0) is 21.0 Å². The van der Waals surface area contributed by atoms with Crippen molar-refractivity contribution in [2.45, 2.75) is 36.8 Å². The lowest BCUT2D eigenvalue weighted by Gasteiger charge is -2.36. The molecule has 2 fully saturated rings. The predicted octanol–water partition coefficient (Wildman–Crippen LogP) is 2.56. The molecule has 6 nitrogen and oxygen atoms in total. The van der Waals surface area contributed by atoms with Gasteiger partial charge in [0.1, 0.15) is 0 Å². The number of likely N-dealkylation sites (N-methyl/N-ethyl adjacent to an activating group) is 1. The van der Waals surface area contributed by atoms with E-state index in [2.05, 4.69) is 9.62 Å². The Morgan fingerprint density at radius 2 is 1.60 bits per heavy atom. The Balaban J connectivity index is 1.47. The van der Waals surface area contributed by atoms with Crippen LogP contribution in [0.1, 0.15) is 31.2 Å². The van der Waals surface area contributed by atoms with Gasteiger partial charge < -0.3 is 9.80 Å². The lowest BCUT2D eigenvalue weighted by molar-refractivity contribution is -0.138. The second-order valence-electron chi connectivity index (χ2n) is 8.22. The van der Waals surface area contributed by atoms with Gasteiger partial charge >= 0.3 is 6.18 Å². The highest BCUT2D eigenvalue weighted by atomic mass is 32.2. The van der Waals surface area contributed by atoms with Crippen molar-refractivity contribution in [2.75, 3.05) is 39.8 Å². The molecule has 0 atom stereocenters. The third kappa shape index (κ3) is 5.73. The summed E-state index contributed by atoms with van der Waals surface area (Å²) < 4.78 is 65.2. The Kier molecular flexibility index (Phi) is 7.09. The second-order valence-corrected chi connectivity index (χ2v) is 9.99. The molecular weight excluding hydrogens is 419 g/mol. The van der Waals surface area contributed by atoms with Gasteiger partial charge in [-0.05, 0) is 62.9 Å². The van der Waals surface area contributed by atoms with E-state index in [1.54, 1.807) is 0 Å². The van der Waals surface area contributed by atoms with E-state index in [-0.39, 0.29) is 29.2 Å². The van der Waals surface area contributed by atoms with Crippen molar-refractivity contribution in [3.8, 4) is 0 Å². The molecule has 168 valence electrons. The molecule has 1 aromatic rings. The molecule has 0 unspecified atom stereocenters. The van der Waals surface area contributed by atoms with Crippen LogP contribution < -0.4 is 4.72 Å². The van der Waals surface area contributed by atoms with E-state index in [1.807, 2.05) is 11.9 Å². The van der Waals surface area contributed by atoms with Crippen molar-refractivity contribution in [3.63, 3.8) is 0 Å². The van der Waals surface area contributed by atoms with Crippen molar-refractivity contribution in [1.29, 1.82) is 0 Å². The fraction of sp³-hybridized carbons (Fsp3) is 0.650. The molecule has 3 rings (SSSR count). The number of hydrogen-bond donors (Lipinski definition) is 1. The van der Waals surface area contributed by atoms with E-state index in [1.165, 1.54) is 0 Å². The fourth-order valence-electron chi connectivity index (χ4n) is 4.03. The third-order valence-electron chi connectivity index (χ3n) is 6.06. The quantitative estimate of drug-likeness (QED) is 0.753. The van der Waals surface area contributed by atoms with Gasteiger partial charge in [-0.1, -0.05) is 0 Å². The summed E-state index contributed by atoms with van der Waals surface area (Å²) in [6.45, 7) is 3.49. The van der Waals surface area contributed by atoms with Crippen LogP contribution in [-0.4, -0.2) is 63.9 Å². The Morgan fingerprint density at radius 3 is 2.13 bits per heavy atom. The topological polar surface area (TPSA) is 69.7 Å². The molecule has 2 aliphatic rings. The SMILES string of the molecule is CN1CCN(C(=O)[C@H]2CC[C@H](CNS(=O)(=O)c3ccc(C(F)(F)F)cc3)CC2)CC1. The number of piperazine rings is 1. The molecule has 0 bridgehead atoms. The number of halogens is 3. The summed E-state index contributed by atoms with van der Waals surface area (Å²) in [5, 5.41) is 0. The van der Waals surface area contributed by atoms with Gasteiger partial charge in [0, 0.05) is 38.6 Å². The van der Waals surface area contributed by atoms with Gasteiger partial charge in [0.05, 0.1) is 10.5 Å². The largest absolute Gasteiger partial charge is 0.416 e. The van der Waals surface area contributed by atoms with Gasteiger partial charge in [-0.15, -0.1) is 0 Å². The maximum atomic E-state index is 12.7. The number of sulfonamides is 1. The van der Waals surface area contributed by atoms with Crippen LogP contribution >= 0.6 is 0 Å². The normalized spacial score (nSPS) is 24.1. The first-order chi connectivity index (χ1) is 14.1. The van der Waals surface area contributed by atoms with Crippen LogP contribution in [0, 0.1) is 11.8 Å². The Labute approximate surface area is 175 Å². The second kappa shape index (κ2) is 9.23. The molecule has 1 aliphatic heterocycles. The summed E-state index contributed by atoms with van der Waals surface area (Å²) in [4.78, 5) is 16.6.